The van der Waals surface area contributed by atoms with Crippen LogP contribution in [0.3, 0.4) is 0 Å². The molecule has 2 heteroatoms. The van der Waals surface area contributed by atoms with Gasteiger partial charge in [0, 0.05) is 5.25 Å². The van der Waals surface area contributed by atoms with E-state index in [0.29, 0.717) is 4.58 Å². The van der Waals surface area contributed by atoms with E-state index < -0.39 is 0 Å². The Kier molecular flexibility index (Phi) is 1.34. The summed E-state index contributed by atoms with van der Waals surface area (Å²) in [6.45, 7) is 2.20. The van der Waals surface area contributed by atoms with Crippen LogP contribution in [-0.2, 0) is 0 Å². The van der Waals surface area contributed by atoms with Crippen molar-refractivity contribution in [2.24, 2.45) is 0 Å². The predicted molar refractivity (Wildman–Crippen MR) is 34.4 cm³/mol. The van der Waals surface area contributed by atoms with E-state index in [1.807, 2.05) is 11.8 Å². The van der Waals surface area contributed by atoms with Gasteiger partial charge < -0.3 is 0 Å². The van der Waals surface area contributed by atoms with Gasteiger partial charge in [0.25, 0.3) is 0 Å². The van der Waals surface area contributed by atoms with Crippen molar-refractivity contribution >= 4 is 24.4 Å². The van der Waals surface area contributed by atoms with Gasteiger partial charge in [-0.25, -0.2) is 0 Å². The van der Waals surface area contributed by atoms with Gasteiger partial charge in [-0.3, -0.25) is 0 Å². The lowest BCUT2D eigenvalue weighted by Gasteiger charge is -1.75. The fourth-order valence-electron chi connectivity index (χ4n) is 0.432. The van der Waals surface area contributed by atoms with Crippen molar-refractivity contribution in [1.29, 1.82) is 0 Å². The van der Waals surface area contributed by atoms with Crippen LogP contribution in [0.25, 0.3) is 0 Å². The van der Waals surface area contributed by atoms with Crippen LogP contribution in [0.1, 0.15) is 13.3 Å². The highest BCUT2D eigenvalue weighted by Crippen LogP contribution is 2.45. The normalized spacial score (nSPS) is 43.0. The molecule has 6 heavy (non-hydrogen) atoms. The molecule has 2 unspecified atom stereocenters. The van der Waals surface area contributed by atoms with E-state index in [2.05, 4.69) is 19.6 Å². The summed E-state index contributed by atoms with van der Waals surface area (Å²) in [5, 5.41) is 0.883. The van der Waals surface area contributed by atoms with Gasteiger partial charge in [-0.1, -0.05) is 6.92 Å². The molecule has 0 amide bonds. The minimum absolute atomic E-state index is 0.676. The van der Waals surface area contributed by atoms with Crippen molar-refractivity contribution in [3.8, 4) is 0 Å². The molecule has 0 aromatic carbocycles. The lowest BCUT2D eigenvalue weighted by molar-refractivity contribution is 0.964. The van der Waals surface area contributed by atoms with Crippen molar-refractivity contribution in [1.82, 2.24) is 0 Å². The van der Waals surface area contributed by atoms with Gasteiger partial charge in [0.1, 0.15) is 0 Å². The molecule has 1 aliphatic rings. The van der Waals surface area contributed by atoms with Crippen LogP contribution in [0.15, 0.2) is 0 Å². The Morgan fingerprint density at radius 1 is 1.83 bits per heavy atom. The zero-order valence-electron chi connectivity index (χ0n) is 3.72. The maximum Gasteiger partial charge on any atom is 0.0594 e. The van der Waals surface area contributed by atoms with E-state index >= 15 is 0 Å². The SMILES string of the molecule is CCC1SC1S. The van der Waals surface area contributed by atoms with E-state index in [1.165, 1.54) is 6.42 Å². The Balaban J connectivity index is 2.09. The Hall–Kier alpha value is 0.700. The van der Waals surface area contributed by atoms with Crippen LogP contribution in [0.2, 0.25) is 0 Å². The number of rotatable bonds is 1. The average Bonchev–Trinajstić information content (AvgIpc) is 2.19. The van der Waals surface area contributed by atoms with Crippen LogP contribution >= 0.6 is 24.4 Å². The van der Waals surface area contributed by atoms with Crippen molar-refractivity contribution < 1.29 is 0 Å². The molecule has 1 fully saturated rings. The fourth-order valence-corrected chi connectivity index (χ4v) is 1.76. The first-order chi connectivity index (χ1) is 2.84. The zero-order valence-corrected chi connectivity index (χ0v) is 5.43. The van der Waals surface area contributed by atoms with Crippen molar-refractivity contribution in [3.63, 3.8) is 0 Å². The third-order valence-electron chi connectivity index (χ3n) is 0.958. The summed E-state index contributed by atoms with van der Waals surface area (Å²) in [6, 6.07) is 0. The van der Waals surface area contributed by atoms with Crippen molar-refractivity contribution in [2.45, 2.75) is 23.2 Å². The molecule has 0 nitrogen and oxygen atoms in total. The molecule has 1 saturated heterocycles. The fraction of sp³-hybridized carbons (Fsp3) is 1.00. The molecule has 0 spiro atoms. The molecular weight excluding hydrogens is 112 g/mol. The minimum atomic E-state index is 0.676. The molecule has 0 N–H and O–H groups in total. The maximum atomic E-state index is 4.22. The highest BCUT2D eigenvalue weighted by Gasteiger charge is 2.32. The second kappa shape index (κ2) is 1.66. The van der Waals surface area contributed by atoms with Crippen LogP contribution < -0.4 is 0 Å². The van der Waals surface area contributed by atoms with Crippen LogP contribution in [0.5, 0.6) is 0 Å². The molecule has 0 radical (unpaired) electrons. The van der Waals surface area contributed by atoms with E-state index in [4.69, 9.17) is 0 Å². The highest BCUT2D eigenvalue weighted by atomic mass is 32.2. The molecule has 1 rings (SSSR count). The van der Waals surface area contributed by atoms with Crippen LogP contribution in [0.4, 0.5) is 0 Å². The van der Waals surface area contributed by atoms with E-state index in [0.717, 1.165) is 5.25 Å². The standard InChI is InChI=1S/C4H8S2/c1-2-3-4(5)6-3/h3-5H,2H2,1H3. The van der Waals surface area contributed by atoms with E-state index in [1.54, 1.807) is 0 Å². The summed E-state index contributed by atoms with van der Waals surface area (Å²) < 4.78 is 0.676. The van der Waals surface area contributed by atoms with Gasteiger partial charge in [-0.15, -0.1) is 11.8 Å². The Bertz CT molecular complexity index is 51.5. The van der Waals surface area contributed by atoms with Gasteiger partial charge >= 0.3 is 0 Å². The second-order valence-electron chi connectivity index (χ2n) is 1.47. The summed E-state index contributed by atoms with van der Waals surface area (Å²) in [6.07, 6.45) is 1.29. The third-order valence-corrected chi connectivity index (χ3v) is 3.13. The number of hydrogen-bond donors (Lipinski definition) is 1. The molecule has 1 aliphatic heterocycles. The molecule has 0 bridgehead atoms. The lowest BCUT2D eigenvalue weighted by atomic mass is 10.4. The number of hydrogen-bond acceptors (Lipinski definition) is 2. The summed E-state index contributed by atoms with van der Waals surface area (Å²) in [7, 11) is 0. The quantitative estimate of drug-likeness (QED) is 0.406. The maximum absolute atomic E-state index is 4.22. The molecule has 0 aliphatic carbocycles. The molecular formula is C4H8S2. The first-order valence-corrected chi connectivity index (χ1v) is 3.64. The third kappa shape index (κ3) is 0.850. The summed E-state index contributed by atoms with van der Waals surface area (Å²) in [4.78, 5) is 0. The summed E-state index contributed by atoms with van der Waals surface area (Å²) in [5.74, 6) is 0. The number of thioether (sulfide) groups is 1. The Morgan fingerprint density at radius 3 is 2.33 bits per heavy atom. The molecule has 0 aromatic rings. The van der Waals surface area contributed by atoms with Gasteiger partial charge in [-0.2, -0.15) is 12.6 Å². The van der Waals surface area contributed by atoms with Crippen molar-refractivity contribution in [2.75, 3.05) is 0 Å². The Labute approximate surface area is 48.1 Å². The largest absolute Gasteiger partial charge is 0.164 e. The van der Waals surface area contributed by atoms with E-state index in [9.17, 15) is 0 Å². The molecule has 0 aromatic heterocycles. The second-order valence-corrected chi connectivity index (χ2v) is 3.76. The average molecular weight is 120 g/mol. The van der Waals surface area contributed by atoms with Gasteiger partial charge in [-0.05, 0) is 6.42 Å². The van der Waals surface area contributed by atoms with Crippen molar-refractivity contribution in [3.05, 3.63) is 0 Å². The van der Waals surface area contributed by atoms with Crippen LogP contribution in [0, 0.1) is 0 Å². The highest BCUT2D eigenvalue weighted by molar-refractivity contribution is 8.18. The van der Waals surface area contributed by atoms with E-state index in [-0.39, 0.29) is 0 Å². The smallest absolute Gasteiger partial charge is 0.0594 e. The van der Waals surface area contributed by atoms with Gasteiger partial charge in [0.15, 0.2) is 0 Å². The number of thiol groups is 1. The first-order valence-electron chi connectivity index (χ1n) is 2.18. The summed E-state index contributed by atoms with van der Waals surface area (Å²) in [5.41, 5.74) is 0. The van der Waals surface area contributed by atoms with Gasteiger partial charge in [0.05, 0.1) is 4.58 Å². The lowest BCUT2D eigenvalue weighted by Crippen LogP contribution is -1.78. The molecule has 1 heterocycles. The predicted octanol–water partition coefficient (Wildman–Crippen LogP) is 1.77. The van der Waals surface area contributed by atoms with Gasteiger partial charge in [0.2, 0.25) is 0 Å². The monoisotopic (exact) mass is 120 g/mol. The first kappa shape index (κ1) is 4.85. The molecule has 0 saturated carbocycles. The molecule has 2 atom stereocenters. The molecule has 36 valence electrons. The summed E-state index contributed by atoms with van der Waals surface area (Å²) >= 11 is 6.17. The zero-order chi connectivity index (χ0) is 4.57. The minimum Gasteiger partial charge on any atom is -0.164 e. The van der Waals surface area contributed by atoms with Crippen LogP contribution in [-0.4, -0.2) is 9.83 Å². The topological polar surface area (TPSA) is 0 Å². The Morgan fingerprint density at radius 2 is 2.33 bits per heavy atom.